The molecule has 0 radical (unpaired) electrons. The van der Waals surface area contributed by atoms with Gasteiger partial charge in [0.1, 0.15) is 11.6 Å². The van der Waals surface area contributed by atoms with E-state index in [1.54, 1.807) is 19.2 Å². The molecule has 0 unspecified atom stereocenters. The molecule has 0 aliphatic carbocycles. The lowest BCUT2D eigenvalue weighted by atomic mass is 10.2. The second-order valence-electron chi connectivity index (χ2n) is 3.85. The van der Waals surface area contributed by atoms with Crippen LogP contribution in [0.5, 0.6) is 0 Å². The Labute approximate surface area is 107 Å². The van der Waals surface area contributed by atoms with E-state index in [-0.39, 0.29) is 12.4 Å². The first kappa shape index (κ1) is 13.3. The van der Waals surface area contributed by atoms with Crippen LogP contribution in [0.4, 0.5) is 19.0 Å². The van der Waals surface area contributed by atoms with Crippen molar-refractivity contribution in [3.63, 3.8) is 0 Å². The predicted octanol–water partition coefficient (Wildman–Crippen LogP) is 2.81. The fraction of sp³-hybridized carbons (Fsp3) is 0.250. The number of nitrogens with zero attached hydrogens (tertiary/aromatic N) is 3. The van der Waals surface area contributed by atoms with Gasteiger partial charge in [-0.3, -0.25) is 0 Å². The summed E-state index contributed by atoms with van der Waals surface area (Å²) < 4.78 is 38.2. The van der Waals surface area contributed by atoms with E-state index in [9.17, 15) is 13.2 Å². The van der Waals surface area contributed by atoms with Crippen molar-refractivity contribution < 1.29 is 13.2 Å². The molecule has 0 atom stereocenters. The van der Waals surface area contributed by atoms with Crippen molar-refractivity contribution in [1.29, 1.82) is 0 Å². The Balaban J connectivity index is 2.16. The monoisotopic (exact) mass is 268 g/mol. The van der Waals surface area contributed by atoms with E-state index < -0.39 is 11.7 Å². The number of anilines is 1. The molecule has 100 valence electrons. The molecule has 19 heavy (non-hydrogen) atoms. The zero-order valence-electron chi connectivity index (χ0n) is 10.1. The number of hydrogen-bond donors (Lipinski definition) is 1. The lowest BCUT2D eigenvalue weighted by Crippen LogP contribution is -2.12. The Bertz CT molecular complexity index is 569. The van der Waals surface area contributed by atoms with Crippen molar-refractivity contribution in [2.24, 2.45) is 0 Å². The van der Waals surface area contributed by atoms with Crippen LogP contribution in [0.2, 0.25) is 0 Å². The number of aryl methyl sites for hydroxylation is 1. The van der Waals surface area contributed by atoms with Gasteiger partial charge >= 0.3 is 6.18 Å². The Kier molecular flexibility index (Phi) is 3.64. The highest BCUT2D eigenvalue weighted by molar-refractivity contribution is 5.45. The highest BCUT2D eigenvalue weighted by Gasteiger charge is 2.33. The van der Waals surface area contributed by atoms with Crippen LogP contribution in [-0.4, -0.2) is 15.0 Å². The van der Waals surface area contributed by atoms with Crippen LogP contribution in [0.15, 0.2) is 30.6 Å². The van der Waals surface area contributed by atoms with E-state index in [0.717, 1.165) is 6.07 Å². The Morgan fingerprint density at radius 1 is 1.16 bits per heavy atom. The van der Waals surface area contributed by atoms with E-state index in [4.69, 9.17) is 0 Å². The Morgan fingerprint density at radius 2 is 1.95 bits per heavy atom. The van der Waals surface area contributed by atoms with Gasteiger partial charge in [0.25, 0.3) is 0 Å². The van der Waals surface area contributed by atoms with E-state index in [1.165, 1.54) is 12.3 Å². The molecule has 2 heterocycles. The maximum Gasteiger partial charge on any atom is 0.419 e. The summed E-state index contributed by atoms with van der Waals surface area (Å²) in [6.45, 7) is 1.87. The van der Waals surface area contributed by atoms with Gasteiger partial charge in [-0.25, -0.2) is 15.0 Å². The molecule has 0 aliphatic rings. The van der Waals surface area contributed by atoms with Crippen LogP contribution in [0.1, 0.15) is 17.1 Å². The largest absolute Gasteiger partial charge is 0.419 e. The summed E-state index contributed by atoms with van der Waals surface area (Å²) in [5.74, 6) is 0.364. The molecule has 2 aromatic rings. The molecule has 0 aliphatic heterocycles. The number of alkyl halides is 3. The van der Waals surface area contributed by atoms with Crippen molar-refractivity contribution in [2.75, 3.05) is 5.32 Å². The van der Waals surface area contributed by atoms with E-state index in [0.29, 0.717) is 11.5 Å². The third kappa shape index (κ3) is 3.40. The third-order valence-electron chi connectivity index (χ3n) is 2.38. The molecule has 4 nitrogen and oxygen atoms in total. The highest BCUT2D eigenvalue weighted by Crippen LogP contribution is 2.33. The lowest BCUT2D eigenvalue weighted by molar-refractivity contribution is -0.137. The van der Waals surface area contributed by atoms with Gasteiger partial charge in [-0.1, -0.05) is 0 Å². The third-order valence-corrected chi connectivity index (χ3v) is 2.38. The average Bonchev–Trinajstić information content (AvgIpc) is 2.36. The van der Waals surface area contributed by atoms with Crippen LogP contribution in [-0.2, 0) is 12.7 Å². The van der Waals surface area contributed by atoms with Gasteiger partial charge < -0.3 is 5.32 Å². The number of nitrogens with one attached hydrogen (secondary N) is 1. The molecule has 2 aromatic heterocycles. The molecular weight excluding hydrogens is 257 g/mol. The van der Waals surface area contributed by atoms with Crippen molar-refractivity contribution >= 4 is 5.82 Å². The minimum Gasteiger partial charge on any atom is -0.364 e. The number of rotatable bonds is 3. The van der Waals surface area contributed by atoms with Crippen LogP contribution in [0.3, 0.4) is 0 Å². The number of halogens is 3. The normalized spacial score (nSPS) is 11.4. The highest BCUT2D eigenvalue weighted by atomic mass is 19.4. The maximum atomic E-state index is 12.7. The van der Waals surface area contributed by atoms with Crippen LogP contribution < -0.4 is 5.32 Å². The van der Waals surface area contributed by atoms with Gasteiger partial charge in [0.15, 0.2) is 0 Å². The number of pyridine rings is 1. The molecule has 2 rings (SSSR count). The summed E-state index contributed by atoms with van der Waals surface area (Å²) in [5, 5.41) is 2.64. The second-order valence-corrected chi connectivity index (χ2v) is 3.85. The number of aromatic nitrogens is 3. The minimum atomic E-state index is -4.43. The van der Waals surface area contributed by atoms with Crippen molar-refractivity contribution in [1.82, 2.24) is 15.0 Å². The summed E-state index contributed by atoms with van der Waals surface area (Å²) in [6.07, 6.45) is -1.57. The van der Waals surface area contributed by atoms with Gasteiger partial charge in [0.05, 0.1) is 17.8 Å². The second kappa shape index (κ2) is 5.21. The zero-order valence-corrected chi connectivity index (χ0v) is 10.1. The molecule has 7 heteroatoms. The molecule has 0 amide bonds. The molecule has 0 aromatic carbocycles. The summed E-state index contributed by atoms with van der Waals surface area (Å²) in [7, 11) is 0. The smallest absolute Gasteiger partial charge is 0.364 e. The summed E-state index contributed by atoms with van der Waals surface area (Å²) in [4.78, 5) is 11.7. The Hall–Kier alpha value is -2.18. The zero-order chi connectivity index (χ0) is 13.9. The first-order chi connectivity index (χ1) is 8.97. The van der Waals surface area contributed by atoms with Gasteiger partial charge in [-0.15, -0.1) is 0 Å². The van der Waals surface area contributed by atoms with Gasteiger partial charge in [-0.2, -0.15) is 13.2 Å². The summed E-state index contributed by atoms with van der Waals surface area (Å²) in [5.41, 5.74) is -0.188. The van der Waals surface area contributed by atoms with Crippen molar-refractivity contribution in [3.8, 4) is 0 Å². The quantitative estimate of drug-likeness (QED) is 0.930. The van der Waals surface area contributed by atoms with Gasteiger partial charge in [0, 0.05) is 12.4 Å². The first-order valence-electron chi connectivity index (χ1n) is 5.51. The summed E-state index contributed by atoms with van der Waals surface area (Å²) in [6, 6.07) is 3.87. The maximum absolute atomic E-state index is 12.7. The fourth-order valence-corrected chi connectivity index (χ4v) is 1.55. The Morgan fingerprint density at radius 3 is 2.63 bits per heavy atom. The topological polar surface area (TPSA) is 50.7 Å². The number of hydrogen-bond acceptors (Lipinski definition) is 4. The van der Waals surface area contributed by atoms with Crippen molar-refractivity contribution in [2.45, 2.75) is 19.6 Å². The van der Waals surface area contributed by atoms with Gasteiger partial charge in [0.2, 0.25) is 0 Å². The predicted molar refractivity (Wildman–Crippen MR) is 63.3 cm³/mol. The standard InChI is InChI=1S/C12H11F3N4/c1-8-16-6-4-9(19-8)7-18-11-10(12(13,14)15)3-2-5-17-11/h2-6H,7H2,1H3,(H,17,18). The minimum absolute atomic E-state index is 0.156. The summed E-state index contributed by atoms with van der Waals surface area (Å²) >= 11 is 0. The van der Waals surface area contributed by atoms with E-state index >= 15 is 0 Å². The fourth-order valence-electron chi connectivity index (χ4n) is 1.55. The average molecular weight is 268 g/mol. The van der Waals surface area contributed by atoms with Crippen molar-refractivity contribution in [3.05, 3.63) is 47.7 Å². The first-order valence-corrected chi connectivity index (χ1v) is 5.51. The molecule has 0 saturated heterocycles. The van der Waals surface area contributed by atoms with Crippen LogP contribution >= 0.6 is 0 Å². The lowest BCUT2D eigenvalue weighted by Gasteiger charge is -2.12. The molecule has 0 spiro atoms. The molecule has 0 bridgehead atoms. The van der Waals surface area contributed by atoms with E-state index in [2.05, 4.69) is 20.3 Å². The van der Waals surface area contributed by atoms with Crippen LogP contribution in [0.25, 0.3) is 0 Å². The molecular formula is C12H11F3N4. The molecule has 0 saturated carbocycles. The van der Waals surface area contributed by atoms with E-state index in [1.807, 2.05) is 0 Å². The molecule has 0 fully saturated rings. The van der Waals surface area contributed by atoms with Crippen LogP contribution in [0, 0.1) is 6.92 Å². The SMILES string of the molecule is Cc1nccc(CNc2ncccc2C(F)(F)F)n1. The van der Waals surface area contributed by atoms with Gasteiger partial charge in [-0.05, 0) is 25.1 Å². The molecule has 1 N–H and O–H groups in total.